The van der Waals surface area contributed by atoms with Crippen molar-refractivity contribution in [2.75, 3.05) is 7.11 Å². The van der Waals surface area contributed by atoms with Crippen molar-refractivity contribution in [1.29, 1.82) is 0 Å². The molecule has 0 rings (SSSR count). The van der Waals surface area contributed by atoms with Gasteiger partial charge in [-0.25, -0.2) is 9.59 Å². The number of hydrogen-bond donors (Lipinski definition) is 1. The molecule has 6 heteroatoms. The molecule has 0 bridgehead atoms. The standard InChI is InChI=1S/C11H10N2O4/c1-4-9(14)13-11(16)12-7-5-6-8(2)10(15)17-3/h4-6H,1-2H2,3H3/p+1. The summed E-state index contributed by atoms with van der Waals surface area (Å²) in [4.78, 5) is 35.6. The van der Waals surface area contributed by atoms with E-state index < -0.39 is 17.9 Å². The zero-order valence-electron chi connectivity index (χ0n) is 9.23. The highest BCUT2D eigenvalue weighted by Gasteiger charge is 2.12. The van der Waals surface area contributed by atoms with E-state index in [1.54, 1.807) is 0 Å². The fourth-order valence-electron chi connectivity index (χ4n) is 0.617. The smallest absolute Gasteiger partial charge is 0.465 e. The Hall–Kier alpha value is -2.68. The van der Waals surface area contributed by atoms with Gasteiger partial charge < -0.3 is 4.74 Å². The van der Waals surface area contributed by atoms with E-state index in [0.717, 1.165) is 6.08 Å². The lowest BCUT2D eigenvalue weighted by Crippen LogP contribution is -2.24. The van der Waals surface area contributed by atoms with Gasteiger partial charge in [-0.1, -0.05) is 13.2 Å². The summed E-state index contributed by atoms with van der Waals surface area (Å²) < 4.78 is 4.37. The fraction of sp³-hybridized carbons (Fsp3) is 0.0909. The van der Waals surface area contributed by atoms with Crippen LogP contribution in [0.2, 0.25) is 0 Å². The highest BCUT2D eigenvalue weighted by molar-refractivity contribution is 6.03. The van der Waals surface area contributed by atoms with Crippen molar-refractivity contribution in [3.8, 4) is 6.07 Å². The Balaban J connectivity index is 4.29. The Morgan fingerprint density at radius 2 is 2.06 bits per heavy atom. The summed E-state index contributed by atoms with van der Waals surface area (Å²) in [6.45, 7) is 6.55. The lowest BCUT2D eigenvalue weighted by molar-refractivity contribution is -0.135. The van der Waals surface area contributed by atoms with Crippen LogP contribution in [0.1, 0.15) is 0 Å². The monoisotopic (exact) mass is 235 g/mol. The molecule has 1 N–H and O–H groups in total. The first-order chi connectivity index (χ1) is 8.01. The number of allylic oxidation sites excluding steroid dienone is 1. The van der Waals surface area contributed by atoms with Gasteiger partial charge in [0, 0.05) is 12.2 Å². The van der Waals surface area contributed by atoms with E-state index >= 15 is 0 Å². The fourth-order valence-corrected chi connectivity index (χ4v) is 0.617. The molecule has 0 spiro atoms. The predicted octanol–water partition coefficient (Wildman–Crippen LogP) is 1.03. The van der Waals surface area contributed by atoms with Crippen LogP contribution < -0.4 is 5.32 Å². The second kappa shape index (κ2) is 7.59. The molecule has 0 saturated carbocycles. The molecule has 0 aromatic carbocycles. The first-order valence-electron chi connectivity index (χ1n) is 4.38. The molecular weight excluding hydrogens is 224 g/mol. The van der Waals surface area contributed by atoms with Gasteiger partial charge in [-0.2, -0.15) is 10.1 Å². The number of nitrogens with zero attached hydrogens (tertiary/aromatic N) is 1. The molecule has 0 atom stereocenters. The Bertz CT molecular complexity index is 452. The van der Waals surface area contributed by atoms with Gasteiger partial charge in [-0.05, 0) is 6.08 Å². The molecular formula is C11H11N2O4+. The van der Waals surface area contributed by atoms with Crippen LogP contribution in [-0.4, -0.2) is 25.0 Å². The Morgan fingerprint density at radius 1 is 1.41 bits per heavy atom. The minimum atomic E-state index is -0.886. The number of urea groups is 1. The molecule has 88 valence electrons. The molecule has 0 saturated heterocycles. The summed E-state index contributed by atoms with van der Waals surface area (Å²) >= 11 is 0. The molecule has 0 aliphatic rings. The van der Waals surface area contributed by atoms with Crippen LogP contribution in [-0.2, 0) is 14.3 Å². The maximum atomic E-state index is 10.9. The number of carbonyl (C=O) groups is 3. The van der Waals surface area contributed by atoms with E-state index in [9.17, 15) is 14.4 Å². The zero-order valence-corrected chi connectivity index (χ0v) is 9.23. The number of ether oxygens (including phenoxy) is 1. The van der Waals surface area contributed by atoms with E-state index in [-0.39, 0.29) is 5.57 Å². The second-order valence-electron chi connectivity index (χ2n) is 2.59. The third-order valence-electron chi connectivity index (χ3n) is 1.39. The quantitative estimate of drug-likeness (QED) is 0.343. The number of methoxy groups -OCH3 is 1. The van der Waals surface area contributed by atoms with Crippen LogP contribution in [0.25, 0.3) is 4.85 Å². The average molecular weight is 235 g/mol. The molecule has 0 radical (unpaired) electrons. The Kier molecular flexibility index (Phi) is 6.39. The van der Waals surface area contributed by atoms with Gasteiger partial charge in [0.05, 0.1) is 12.7 Å². The molecule has 3 amide bonds. The predicted molar refractivity (Wildman–Crippen MR) is 61.3 cm³/mol. The highest BCUT2D eigenvalue weighted by Crippen LogP contribution is 1.94. The van der Waals surface area contributed by atoms with Crippen molar-refractivity contribution >= 4 is 17.9 Å². The first-order valence-corrected chi connectivity index (χ1v) is 4.38. The zero-order chi connectivity index (χ0) is 13.3. The first kappa shape index (κ1) is 14.3. The van der Waals surface area contributed by atoms with Crippen LogP contribution in [0.5, 0.6) is 0 Å². The van der Waals surface area contributed by atoms with Crippen molar-refractivity contribution in [2.24, 2.45) is 0 Å². The van der Waals surface area contributed by atoms with Crippen molar-refractivity contribution in [3.05, 3.63) is 41.8 Å². The molecule has 17 heavy (non-hydrogen) atoms. The maximum absolute atomic E-state index is 10.9. The van der Waals surface area contributed by atoms with Gasteiger partial charge in [-0.3, -0.25) is 0 Å². The Labute approximate surface area is 98.1 Å². The molecule has 6 nitrogen and oxygen atoms in total. The van der Waals surface area contributed by atoms with Gasteiger partial charge in [0.2, 0.25) is 0 Å². The molecule has 0 heterocycles. The number of imide groups is 1. The van der Waals surface area contributed by atoms with Gasteiger partial charge in [0.25, 0.3) is 0 Å². The number of carbonyl (C=O) groups excluding carboxylic acids is 3. The molecule has 0 aromatic heterocycles. The van der Waals surface area contributed by atoms with Crippen molar-refractivity contribution < 1.29 is 19.1 Å². The van der Waals surface area contributed by atoms with Crippen molar-refractivity contribution in [2.45, 2.75) is 0 Å². The lowest BCUT2D eigenvalue weighted by Gasteiger charge is -1.93. The van der Waals surface area contributed by atoms with Gasteiger partial charge in [0.15, 0.2) is 6.07 Å². The Morgan fingerprint density at radius 3 is 2.59 bits per heavy atom. The van der Waals surface area contributed by atoms with E-state index in [4.69, 9.17) is 0 Å². The van der Waals surface area contributed by atoms with E-state index in [2.05, 4.69) is 28.8 Å². The van der Waals surface area contributed by atoms with E-state index in [1.165, 1.54) is 19.3 Å². The molecule has 0 aliphatic heterocycles. The summed E-state index contributed by atoms with van der Waals surface area (Å²) in [5, 5.41) is 1.88. The largest absolute Gasteiger partial charge is 0.606 e. The second-order valence-corrected chi connectivity index (χ2v) is 2.59. The summed E-state index contributed by atoms with van der Waals surface area (Å²) in [7, 11) is 1.22. The summed E-state index contributed by atoms with van der Waals surface area (Å²) in [6.07, 6.45) is 3.39. The number of amides is 3. The normalized spacial score (nSPS) is 8.76. The van der Waals surface area contributed by atoms with Crippen LogP contribution in [0.15, 0.2) is 37.0 Å². The third-order valence-corrected chi connectivity index (χ3v) is 1.39. The SMILES string of the molecule is C=CC(=O)NC(=O)[N+]#CC=CC(=C)C(=O)OC. The summed E-state index contributed by atoms with van der Waals surface area (Å²) in [5.74, 6) is -1.27. The highest BCUT2D eigenvalue weighted by atomic mass is 16.5. The van der Waals surface area contributed by atoms with Crippen LogP contribution in [0.3, 0.4) is 0 Å². The summed E-state index contributed by atoms with van der Waals surface area (Å²) in [6, 6.07) is 1.32. The lowest BCUT2D eigenvalue weighted by atomic mass is 10.3. The van der Waals surface area contributed by atoms with Gasteiger partial charge >= 0.3 is 17.9 Å². The molecule has 0 fully saturated rings. The molecule has 0 unspecified atom stereocenters. The van der Waals surface area contributed by atoms with E-state index in [1.807, 2.05) is 5.32 Å². The number of esters is 1. The minimum Gasteiger partial charge on any atom is -0.465 e. The van der Waals surface area contributed by atoms with Crippen molar-refractivity contribution in [3.63, 3.8) is 0 Å². The number of hydrogen-bond acceptors (Lipinski definition) is 4. The minimum absolute atomic E-state index is 0.0813. The number of rotatable bonds is 3. The van der Waals surface area contributed by atoms with Crippen LogP contribution >= 0.6 is 0 Å². The topological polar surface area (TPSA) is 76.8 Å². The van der Waals surface area contributed by atoms with Crippen molar-refractivity contribution in [1.82, 2.24) is 5.32 Å². The summed E-state index contributed by atoms with van der Waals surface area (Å²) in [5.41, 5.74) is 0.0813. The third kappa shape index (κ3) is 6.41. The average Bonchev–Trinajstić information content (AvgIpc) is 2.32. The number of nitrogens with one attached hydrogen (secondary N) is 1. The molecule has 0 aromatic rings. The van der Waals surface area contributed by atoms with Crippen LogP contribution in [0, 0.1) is 6.07 Å². The maximum Gasteiger partial charge on any atom is 0.606 e. The van der Waals surface area contributed by atoms with Gasteiger partial charge in [-0.15, -0.1) is 4.85 Å². The molecule has 0 aliphatic carbocycles. The van der Waals surface area contributed by atoms with E-state index in [0.29, 0.717) is 0 Å². The van der Waals surface area contributed by atoms with Crippen LogP contribution in [0.4, 0.5) is 4.79 Å². The van der Waals surface area contributed by atoms with Gasteiger partial charge in [0.1, 0.15) is 0 Å².